The van der Waals surface area contributed by atoms with E-state index in [2.05, 4.69) is 10.6 Å². The van der Waals surface area contributed by atoms with Crippen LogP contribution in [0.5, 0.6) is 5.75 Å². The summed E-state index contributed by atoms with van der Waals surface area (Å²) in [5, 5.41) is 6.92. The number of carbonyl (C=O) groups excluding carboxylic acids is 1. The fraction of sp³-hybridized carbons (Fsp3) is 0.300. The third kappa shape index (κ3) is 4.14. The van der Waals surface area contributed by atoms with Crippen LogP contribution in [0.1, 0.15) is 24.0 Å². The third-order valence-corrected chi connectivity index (χ3v) is 4.71. The van der Waals surface area contributed by atoms with Gasteiger partial charge in [0.25, 0.3) is 0 Å². The summed E-state index contributed by atoms with van der Waals surface area (Å²) in [5.41, 5.74) is 3.93. The van der Waals surface area contributed by atoms with Crippen LogP contribution in [0.25, 0.3) is 0 Å². The maximum atomic E-state index is 12.0. The summed E-state index contributed by atoms with van der Waals surface area (Å²) in [6.07, 6.45) is 1.53. The van der Waals surface area contributed by atoms with Crippen molar-refractivity contribution < 1.29 is 9.53 Å². The van der Waals surface area contributed by atoms with Gasteiger partial charge in [-0.1, -0.05) is 24.3 Å². The SMILES string of the molecule is COc1ccccc1CNC(=S)Nc1ccc(C)c(N2CCCC2=O)c1. The van der Waals surface area contributed by atoms with E-state index in [4.69, 9.17) is 17.0 Å². The van der Waals surface area contributed by atoms with E-state index in [1.807, 2.05) is 54.3 Å². The van der Waals surface area contributed by atoms with Crippen LogP contribution in [0.4, 0.5) is 11.4 Å². The summed E-state index contributed by atoms with van der Waals surface area (Å²) < 4.78 is 5.35. The Morgan fingerprint density at radius 3 is 2.81 bits per heavy atom. The van der Waals surface area contributed by atoms with Crippen LogP contribution in [0.2, 0.25) is 0 Å². The number of nitrogens with one attached hydrogen (secondary N) is 2. The van der Waals surface area contributed by atoms with E-state index in [1.165, 1.54) is 0 Å². The number of aryl methyl sites for hydroxylation is 1. The predicted molar refractivity (Wildman–Crippen MR) is 109 cm³/mol. The predicted octanol–water partition coefficient (Wildman–Crippen LogP) is 3.62. The fourth-order valence-corrected chi connectivity index (χ4v) is 3.27. The van der Waals surface area contributed by atoms with Crippen molar-refractivity contribution in [2.24, 2.45) is 0 Å². The van der Waals surface area contributed by atoms with Gasteiger partial charge in [-0.05, 0) is 49.3 Å². The minimum Gasteiger partial charge on any atom is -0.496 e. The van der Waals surface area contributed by atoms with Crippen molar-refractivity contribution in [2.75, 3.05) is 23.9 Å². The summed E-state index contributed by atoms with van der Waals surface area (Å²) in [5.74, 6) is 1.01. The van der Waals surface area contributed by atoms with Gasteiger partial charge in [-0.2, -0.15) is 0 Å². The Balaban J connectivity index is 1.65. The molecule has 0 saturated carbocycles. The molecule has 5 nitrogen and oxygen atoms in total. The number of thiocarbonyl (C=S) groups is 1. The zero-order valence-corrected chi connectivity index (χ0v) is 15.9. The molecule has 0 aromatic heterocycles. The second-order valence-electron chi connectivity index (χ2n) is 6.27. The third-order valence-electron chi connectivity index (χ3n) is 4.46. The van der Waals surface area contributed by atoms with E-state index < -0.39 is 0 Å². The second kappa shape index (κ2) is 8.19. The minimum atomic E-state index is 0.183. The molecule has 0 unspecified atom stereocenters. The zero-order valence-electron chi connectivity index (χ0n) is 15.0. The number of nitrogens with zero attached hydrogens (tertiary/aromatic N) is 1. The lowest BCUT2D eigenvalue weighted by Gasteiger charge is -2.20. The Kier molecular flexibility index (Phi) is 5.73. The molecule has 6 heteroatoms. The molecule has 0 aliphatic carbocycles. The van der Waals surface area contributed by atoms with Gasteiger partial charge in [-0.25, -0.2) is 0 Å². The number of methoxy groups -OCH3 is 1. The molecule has 1 fully saturated rings. The molecule has 0 bridgehead atoms. The molecular formula is C20H23N3O2S. The second-order valence-corrected chi connectivity index (χ2v) is 6.68. The van der Waals surface area contributed by atoms with Gasteiger partial charge < -0.3 is 20.3 Å². The first kappa shape index (κ1) is 18.2. The van der Waals surface area contributed by atoms with Gasteiger partial charge in [0.05, 0.1) is 7.11 Å². The zero-order chi connectivity index (χ0) is 18.5. The van der Waals surface area contributed by atoms with E-state index in [-0.39, 0.29) is 5.91 Å². The molecule has 136 valence electrons. The van der Waals surface area contributed by atoms with Crippen molar-refractivity contribution in [3.05, 3.63) is 53.6 Å². The molecule has 1 saturated heterocycles. The molecule has 0 atom stereocenters. The summed E-state index contributed by atoms with van der Waals surface area (Å²) in [4.78, 5) is 13.9. The first-order chi connectivity index (χ1) is 12.6. The Labute approximate surface area is 159 Å². The standard InChI is InChI=1S/C20H23N3O2S/c1-14-9-10-16(12-17(14)23-11-5-8-19(23)24)22-20(26)21-13-15-6-3-4-7-18(15)25-2/h3-4,6-7,9-10,12H,5,8,11,13H2,1-2H3,(H2,21,22,26). The van der Waals surface area contributed by atoms with Crippen LogP contribution >= 0.6 is 12.2 Å². The first-order valence-electron chi connectivity index (χ1n) is 8.66. The molecule has 2 aromatic rings. The number of carbonyl (C=O) groups is 1. The van der Waals surface area contributed by atoms with Gasteiger partial charge in [-0.3, -0.25) is 4.79 Å². The highest BCUT2D eigenvalue weighted by Gasteiger charge is 2.23. The van der Waals surface area contributed by atoms with Gasteiger partial charge in [0.15, 0.2) is 5.11 Å². The van der Waals surface area contributed by atoms with Crippen molar-refractivity contribution in [3.8, 4) is 5.75 Å². The van der Waals surface area contributed by atoms with Gasteiger partial charge in [0, 0.05) is 36.4 Å². The molecular weight excluding hydrogens is 346 g/mol. The van der Waals surface area contributed by atoms with Crippen molar-refractivity contribution >= 4 is 34.6 Å². The Morgan fingerprint density at radius 1 is 1.27 bits per heavy atom. The summed E-state index contributed by atoms with van der Waals surface area (Å²) in [6.45, 7) is 3.36. The highest BCUT2D eigenvalue weighted by Crippen LogP contribution is 2.28. The molecule has 1 amide bonds. The average Bonchev–Trinajstić information content (AvgIpc) is 3.07. The van der Waals surface area contributed by atoms with Gasteiger partial charge in [-0.15, -0.1) is 0 Å². The van der Waals surface area contributed by atoms with E-state index in [0.29, 0.717) is 18.1 Å². The lowest BCUT2D eigenvalue weighted by Crippen LogP contribution is -2.28. The van der Waals surface area contributed by atoms with Crippen molar-refractivity contribution in [1.29, 1.82) is 0 Å². The van der Waals surface area contributed by atoms with Gasteiger partial charge >= 0.3 is 0 Å². The summed E-state index contributed by atoms with van der Waals surface area (Å²) in [7, 11) is 1.66. The van der Waals surface area contributed by atoms with E-state index in [0.717, 1.165) is 41.2 Å². The maximum absolute atomic E-state index is 12.0. The van der Waals surface area contributed by atoms with Gasteiger partial charge in [0.1, 0.15) is 5.75 Å². The molecule has 1 heterocycles. The van der Waals surface area contributed by atoms with Crippen molar-refractivity contribution in [2.45, 2.75) is 26.3 Å². The smallest absolute Gasteiger partial charge is 0.227 e. The number of hydrogen-bond acceptors (Lipinski definition) is 3. The lowest BCUT2D eigenvalue weighted by atomic mass is 10.1. The number of anilines is 2. The Hall–Kier alpha value is -2.60. The van der Waals surface area contributed by atoms with Crippen molar-refractivity contribution in [3.63, 3.8) is 0 Å². The largest absolute Gasteiger partial charge is 0.496 e. The summed E-state index contributed by atoms with van der Waals surface area (Å²) >= 11 is 5.41. The topological polar surface area (TPSA) is 53.6 Å². The Bertz CT molecular complexity index is 822. The van der Waals surface area contributed by atoms with Crippen LogP contribution in [-0.2, 0) is 11.3 Å². The number of para-hydroxylation sites is 1. The quantitative estimate of drug-likeness (QED) is 0.789. The van der Waals surface area contributed by atoms with Crippen LogP contribution < -0.4 is 20.3 Å². The number of hydrogen-bond donors (Lipinski definition) is 2. The normalized spacial score (nSPS) is 13.6. The number of benzene rings is 2. The molecule has 26 heavy (non-hydrogen) atoms. The highest BCUT2D eigenvalue weighted by atomic mass is 32.1. The van der Waals surface area contributed by atoms with E-state index >= 15 is 0 Å². The molecule has 1 aliphatic heterocycles. The van der Waals surface area contributed by atoms with Gasteiger partial charge in [0.2, 0.25) is 5.91 Å². The van der Waals surface area contributed by atoms with E-state index in [1.54, 1.807) is 7.11 Å². The molecule has 2 N–H and O–H groups in total. The average molecular weight is 369 g/mol. The van der Waals surface area contributed by atoms with Crippen LogP contribution in [0.3, 0.4) is 0 Å². The molecule has 0 radical (unpaired) electrons. The monoisotopic (exact) mass is 369 g/mol. The lowest BCUT2D eigenvalue weighted by molar-refractivity contribution is -0.117. The van der Waals surface area contributed by atoms with E-state index in [9.17, 15) is 4.79 Å². The molecule has 2 aromatic carbocycles. The first-order valence-corrected chi connectivity index (χ1v) is 9.07. The van der Waals surface area contributed by atoms with Crippen LogP contribution in [0.15, 0.2) is 42.5 Å². The Morgan fingerprint density at radius 2 is 2.08 bits per heavy atom. The number of amides is 1. The minimum absolute atomic E-state index is 0.183. The highest BCUT2D eigenvalue weighted by molar-refractivity contribution is 7.80. The fourth-order valence-electron chi connectivity index (χ4n) is 3.08. The summed E-state index contributed by atoms with van der Waals surface area (Å²) in [6, 6.07) is 13.8. The molecule has 1 aliphatic rings. The van der Waals surface area contributed by atoms with Crippen LogP contribution in [0, 0.1) is 6.92 Å². The number of ether oxygens (including phenoxy) is 1. The maximum Gasteiger partial charge on any atom is 0.227 e. The van der Waals surface area contributed by atoms with Crippen LogP contribution in [-0.4, -0.2) is 24.7 Å². The number of rotatable bonds is 5. The molecule has 0 spiro atoms. The molecule has 3 rings (SSSR count). The van der Waals surface area contributed by atoms with Crippen molar-refractivity contribution in [1.82, 2.24) is 5.32 Å².